The average Bonchev–Trinajstić information content (AvgIpc) is 3.36. The van der Waals surface area contributed by atoms with Crippen LogP contribution in [0.5, 0.6) is 0 Å². The Labute approximate surface area is 122 Å². The van der Waals surface area contributed by atoms with Gasteiger partial charge in [0.05, 0.1) is 0 Å². The van der Waals surface area contributed by atoms with Crippen LogP contribution in [-0.2, 0) is 0 Å². The van der Waals surface area contributed by atoms with E-state index in [0.717, 1.165) is 17.9 Å². The Balaban J connectivity index is 1.56. The average molecular weight is 270 g/mol. The fourth-order valence-corrected chi connectivity index (χ4v) is 3.88. The van der Waals surface area contributed by atoms with Crippen molar-refractivity contribution in [3.8, 4) is 0 Å². The van der Waals surface area contributed by atoms with Crippen LogP contribution < -0.4 is 5.32 Å². The van der Waals surface area contributed by atoms with E-state index in [1.165, 1.54) is 45.2 Å². The lowest BCUT2D eigenvalue weighted by molar-refractivity contribution is 0.270. The SMILES string of the molecule is CN1CCC(CNC2CC2)C1c1ccccc1C1CC1. The summed E-state index contributed by atoms with van der Waals surface area (Å²) in [5, 5.41) is 3.76. The second-order valence-corrected chi connectivity index (χ2v) is 7.06. The fourth-order valence-electron chi connectivity index (χ4n) is 3.88. The van der Waals surface area contributed by atoms with Crippen LogP contribution in [-0.4, -0.2) is 31.1 Å². The smallest absolute Gasteiger partial charge is 0.0388 e. The van der Waals surface area contributed by atoms with E-state index in [0.29, 0.717) is 6.04 Å². The first kappa shape index (κ1) is 12.8. The van der Waals surface area contributed by atoms with Crippen molar-refractivity contribution < 1.29 is 0 Å². The van der Waals surface area contributed by atoms with Gasteiger partial charge in [-0.3, -0.25) is 4.90 Å². The normalized spacial score (nSPS) is 30.9. The van der Waals surface area contributed by atoms with E-state index in [1.807, 2.05) is 0 Å². The van der Waals surface area contributed by atoms with Crippen LogP contribution >= 0.6 is 0 Å². The summed E-state index contributed by atoms with van der Waals surface area (Å²) in [5.41, 5.74) is 3.26. The molecule has 1 aromatic rings. The van der Waals surface area contributed by atoms with E-state index in [9.17, 15) is 0 Å². The van der Waals surface area contributed by atoms with Gasteiger partial charge < -0.3 is 5.32 Å². The molecule has 108 valence electrons. The Morgan fingerprint density at radius 2 is 1.80 bits per heavy atom. The van der Waals surface area contributed by atoms with E-state index in [1.54, 1.807) is 11.1 Å². The van der Waals surface area contributed by atoms with Crippen molar-refractivity contribution in [1.29, 1.82) is 0 Å². The van der Waals surface area contributed by atoms with Crippen LogP contribution in [0.25, 0.3) is 0 Å². The minimum absolute atomic E-state index is 0.637. The molecule has 0 amide bonds. The molecule has 2 aliphatic carbocycles. The van der Waals surface area contributed by atoms with Gasteiger partial charge in [-0.05, 0) is 68.7 Å². The van der Waals surface area contributed by atoms with Crippen molar-refractivity contribution in [2.24, 2.45) is 5.92 Å². The number of rotatable bonds is 5. The summed E-state index contributed by atoms with van der Waals surface area (Å²) in [6.45, 7) is 2.46. The maximum Gasteiger partial charge on any atom is 0.0388 e. The van der Waals surface area contributed by atoms with Crippen LogP contribution in [0.3, 0.4) is 0 Å². The molecule has 4 rings (SSSR count). The third kappa shape index (κ3) is 2.51. The largest absolute Gasteiger partial charge is 0.314 e. The van der Waals surface area contributed by atoms with Gasteiger partial charge in [-0.25, -0.2) is 0 Å². The number of hydrogen-bond acceptors (Lipinski definition) is 2. The Morgan fingerprint density at radius 1 is 1.05 bits per heavy atom. The molecule has 2 nitrogen and oxygen atoms in total. The van der Waals surface area contributed by atoms with Gasteiger partial charge in [0.25, 0.3) is 0 Å². The molecule has 1 aliphatic heterocycles. The lowest BCUT2D eigenvalue weighted by Gasteiger charge is -2.28. The van der Waals surface area contributed by atoms with E-state index < -0.39 is 0 Å². The third-order valence-corrected chi connectivity index (χ3v) is 5.35. The molecule has 2 saturated carbocycles. The first-order valence-corrected chi connectivity index (χ1v) is 8.35. The molecule has 2 heteroatoms. The van der Waals surface area contributed by atoms with Crippen LogP contribution in [0.2, 0.25) is 0 Å². The first-order chi connectivity index (χ1) is 9.83. The van der Waals surface area contributed by atoms with Crippen molar-refractivity contribution in [3.05, 3.63) is 35.4 Å². The van der Waals surface area contributed by atoms with Crippen molar-refractivity contribution in [2.75, 3.05) is 20.1 Å². The van der Waals surface area contributed by atoms with Crippen molar-refractivity contribution in [3.63, 3.8) is 0 Å². The van der Waals surface area contributed by atoms with Gasteiger partial charge in [0.15, 0.2) is 0 Å². The molecule has 1 saturated heterocycles. The van der Waals surface area contributed by atoms with Crippen LogP contribution in [0.4, 0.5) is 0 Å². The highest BCUT2D eigenvalue weighted by Crippen LogP contribution is 2.46. The number of nitrogens with zero attached hydrogens (tertiary/aromatic N) is 1. The standard InChI is InChI=1S/C18H26N2/c1-20-11-10-14(12-19-15-8-9-15)18(20)17-5-3-2-4-16(17)13-6-7-13/h2-5,13-15,18-19H,6-12H2,1H3. The number of benzene rings is 1. The molecule has 20 heavy (non-hydrogen) atoms. The Kier molecular flexibility index (Phi) is 3.31. The van der Waals surface area contributed by atoms with Gasteiger partial charge in [0.1, 0.15) is 0 Å². The maximum absolute atomic E-state index is 3.76. The lowest BCUT2D eigenvalue weighted by Crippen LogP contribution is -2.30. The van der Waals surface area contributed by atoms with E-state index in [-0.39, 0.29) is 0 Å². The minimum atomic E-state index is 0.637. The molecule has 1 N–H and O–H groups in total. The molecular formula is C18H26N2. The first-order valence-electron chi connectivity index (χ1n) is 8.35. The molecule has 2 unspecified atom stereocenters. The predicted molar refractivity (Wildman–Crippen MR) is 82.9 cm³/mol. The summed E-state index contributed by atoms with van der Waals surface area (Å²) in [5.74, 6) is 1.65. The summed E-state index contributed by atoms with van der Waals surface area (Å²) in [6, 6.07) is 10.7. The number of nitrogens with one attached hydrogen (secondary N) is 1. The molecule has 0 radical (unpaired) electrons. The zero-order chi connectivity index (χ0) is 13.5. The quantitative estimate of drug-likeness (QED) is 0.883. The van der Waals surface area contributed by atoms with Crippen LogP contribution in [0, 0.1) is 5.92 Å². The topological polar surface area (TPSA) is 15.3 Å². The predicted octanol–water partition coefficient (Wildman–Crippen LogP) is 3.31. The van der Waals surface area contributed by atoms with Crippen molar-refractivity contribution >= 4 is 0 Å². The van der Waals surface area contributed by atoms with Crippen molar-refractivity contribution in [1.82, 2.24) is 10.2 Å². The zero-order valence-electron chi connectivity index (χ0n) is 12.5. The van der Waals surface area contributed by atoms with Crippen LogP contribution in [0.15, 0.2) is 24.3 Å². The molecule has 1 aromatic carbocycles. The van der Waals surface area contributed by atoms with Crippen LogP contribution in [0.1, 0.15) is 55.2 Å². The highest BCUT2D eigenvalue weighted by molar-refractivity contribution is 5.36. The van der Waals surface area contributed by atoms with Gasteiger partial charge in [-0.15, -0.1) is 0 Å². The van der Waals surface area contributed by atoms with E-state index in [4.69, 9.17) is 0 Å². The molecular weight excluding hydrogens is 244 g/mol. The molecule has 2 atom stereocenters. The summed E-state index contributed by atoms with van der Waals surface area (Å²) >= 11 is 0. The summed E-state index contributed by atoms with van der Waals surface area (Å²) in [7, 11) is 2.31. The summed E-state index contributed by atoms with van der Waals surface area (Å²) in [4.78, 5) is 2.58. The monoisotopic (exact) mass is 270 g/mol. The highest BCUT2D eigenvalue weighted by atomic mass is 15.2. The van der Waals surface area contributed by atoms with E-state index >= 15 is 0 Å². The zero-order valence-corrected chi connectivity index (χ0v) is 12.5. The lowest BCUT2D eigenvalue weighted by atomic mass is 9.89. The second kappa shape index (κ2) is 5.16. The molecule has 1 heterocycles. The third-order valence-electron chi connectivity index (χ3n) is 5.35. The van der Waals surface area contributed by atoms with Gasteiger partial charge in [-0.2, -0.15) is 0 Å². The van der Waals surface area contributed by atoms with Gasteiger partial charge in [-0.1, -0.05) is 24.3 Å². The van der Waals surface area contributed by atoms with Gasteiger partial charge in [0.2, 0.25) is 0 Å². The fraction of sp³-hybridized carbons (Fsp3) is 0.667. The van der Waals surface area contributed by atoms with E-state index in [2.05, 4.69) is 41.5 Å². The second-order valence-electron chi connectivity index (χ2n) is 7.06. The number of hydrogen-bond donors (Lipinski definition) is 1. The van der Waals surface area contributed by atoms with Crippen molar-refractivity contribution in [2.45, 2.75) is 50.1 Å². The molecule has 3 aliphatic rings. The molecule has 0 spiro atoms. The maximum atomic E-state index is 3.76. The Bertz CT molecular complexity index is 476. The summed E-state index contributed by atoms with van der Waals surface area (Å²) < 4.78 is 0. The van der Waals surface area contributed by atoms with Gasteiger partial charge in [0, 0.05) is 18.6 Å². The number of likely N-dealkylation sites (tertiary alicyclic amines) is 1. The Hall–Kier alpha value is -0.860. The van der Waals surface area contributed by atoms with Gasteiger partial charge >= 0.3 is 0 Å². The Morgan fingerprint density at radius 3 is 2.50 bits per heavy atom. The molecule has 0 bridgehead atoms. The molecule has 0 aromatic heterocycles. The molecule has 3 fully saturated rings. The minimum Gasteiger partial charge on any atom is -0.314 e. The highest BCUT2D eigenvalue weighted by Gasteiger charge is 2.37. The summed E-state index contributed by atoms with van der Waals surface area (Å²) in [6.07, 6.45) is 6.94.